The standard InChI is InChI=1S/C10H13ClN2O2S/c1-7(12)5-16-6-8-2-3-9(11)4-10(8)13(14)15/h2-4,7H,5-6,12H2,1H3. The van der Waals surface area contributed by atoms with Crippen LogP contribution in [0.1, 0.15) is 12.5 Å². The zero-order chi connectivity index (χ0) is 12.1. The van der Waals surface area contributed by atoms with Crippen LogP contribution in [-0.4, -0.2) is 16.7 Å². The van der Waals surface area contributed by atoms with Crippen LogP contribution in [0.4, 0.5) is 5.69 Å². The molecule has 0 aromatic heterocycles. The number of nitro groups is 1. The average Bonchev–Trinajstić information content (AvgIpc) is 2.19. The fraction of sp³-hybridized carbons (Fsp3) is 0.400. The molecule has 0 radical (unpaired) electrons. The summed E-state index contributed by atoms with van der Waals surface area (Å²) in [7, 11) is 0. The third kappa shape index (κ3) is 4.00. The van der Waals surface area contributed by atoms with Crippen molar-refractivity contribution in [3.8, 4) is 0 Å². The number of nitro benzene ring substituents is 1. The Bertz CT molecular complexity index is 385. The Balaban J connectivity index is 2.75. The Morgan fingerprint density at radius 1 is 1.62 bits per heavy atom. The summed E-state index contributed by atoms with van der Waals surface area (Å²) in [6, 6.07) is 4.82. The van der Waals surface area contributed by atoms with Gasteiger partial charge in [0.15, 0.2) is 0 Å². The van der Waals surface area contributed by atoms with Crippen molar-refractivity contribution in [1.82, 2.24) is 0 Å². The zero-order valence-corrected chi connectivity index (χ0v) is 10.4. The molecule has 1 aromatic rings. The van der Waals surface area contributed by atoms with Gasteiger partial charge in [-0.25, -0.2) is 0 Å². The average molecular weight is 261 g/mol. The normalized spacial score (nSPS) is 12.4. The first-order chi connectivity index (χ1) is 7.50. The Labute approximate surface area is 103 Å². The molecular formula is C10H13ClN2O2S. The molecule has 0 aliphatic heterocycles. The van der Waals surface area contributed by atoms with Crippen molar-refractivity contribution in [2.45, 2.75) is 18.7 Å². The molecule has 0 bridgehead atoms. The largest absolute Gasteiger partial charge is 0.327 e. The number of thioether (sulfide) groups is 1. The molecule has 0 heterocycles. The smallest absolute Gasteiger partial charge is 0.274 e. The van der Waals surface area contributed by atoms with Crippen molar-refractivity contribution in [1.29, 1.82) is 0 Å². The predicted octanol–water partition coefficient (Wildman–Crippen LogP) is 2.83. The molecule has 6 heteroatoms. The molecule has 1 aromatic carbocycles. The van der Waals surface area contributed by atoms with Gasteiger partial charge in [-0.05, 0) is 19.1 Å². The molecule has 1 rings (SSSR count). The Morgan fingerprint density at radius 3 is 2.88 bits per heavy atom. The van der Waals surface area contributed by atoms with Gasteiger partial charge in [-0.2, -0.15) is 11.8 Å². The number of halogens is 1. The van der Waals surface area contributed by atoms with E-state index in [1.54, 1.807) is 23.9 Å². The topological polar surface area (TPSA) is 69.2 Å². The maximum absolute atomic E-state index is 10.8. The summed E-state index contributed by atoms with van der Waals surface area (Å²) < 4.78 is 0. The van der Waals surface area contributed by atoms with E-state index in [2.05, 4.69) is 0 Å². The van der Waals surface area contributed by atoms with Gasteiger partial charge >= 0.3 is 0 Å². The summed E-state index contributed by atoms with van der Waals surface area (Å²) in [5, 5.41) is 11.2. The molecular weight excluding hydrogens is 248 g/mol. The molecule has 1 atom stereocenters. The quantitative estimate of drug-likeness (QED) is 0.653. The molecule has 0 spiro atoms. The summed E-state index contributed by atoms with van der Waals surface area (Å²) in [6.07, 6.45) is 0. The zero-order valence-electron chi connectivity index (χ0n) is 8.85. The van der Waals surface area contributed by atoms with Crippen molar-refractivity contribution in [3.05, 3.63) is 38.9 Å². The number of rotatable bonds is 5. The van der Waals surface area contributed by atoms with E-state index in [9.17, 15) is 10.1 Å². The van der Waals surface area contributed by atoms with Crippen LogP contribution in [0.25, 0.3) is 0 Å². The van der Waals surface area contributed by atoms with E-state index in [4.69, 9.17) is 17.3 Å². The minimum absolute atomic E-state index is 0.0738. The van der Waals surface area contributed by atoms with Gasteiger partial charge in [0.05, 0.1) is 4.92 Å². The Hall–Kier alpha value is -0.780. The lowest BCUT2D eigenvalue weighted by Gasteiger charge is -2.05. The summed E-state index contributed by atoms with van der Waals surface area (Å²) in [5.74, 6) is 1.36. The molecule has 16 heavy (non-hydrogen) atoms. The highest BCUT2D eigenvalue weighted by Gasteiger charge is 2.13. The molecule has 0 saturated heterocycles. The van der Waals surface area contributed by atoms with Crippen LogP contribution < -0.4 is 5.73 Å². The van der Waals surface area contributed by atoms with E-state index < -0.39 is 4.92 Å². The molecule has 0 aliphatic carbocycles. The van der Waals surface area contributed by atoms with E-state index in [1.165, 1.54) is 6.07 Å². The van der Waals surface area contributed by atoms with Gasteiger partial charge in [-0.1, -0.05) is 11.6 Å². The van der Waals surface area contributed by atoms with Gasteiger partial charge in [0, 0.05) is 34.2 Å². The van der Waals surface area contributed by atoms with Crippen molar-refractivity contribution in [2.75, 3.05) is 5.75 Å². The van der Waals surface area contributed by atoms with Crippen molar-refractivity contribution < 1.29 is 4.92 Å². The van der Waals surface area contributed by atoms with Gasteiger partial charge in [0.25, 0.3) is 5.69 Å². The minimum atomic E-state index is -0.409. The lowest BCUT2D eigenvalue weighted by molar-refractivity contribution is -0.385. The highest BCUT2D eigenvalue weighted by Crippen LogP contribution is 2.26. The highest BCUT2D eigenvalue weighted by molar-refractivity contribution is 7.98. The van der Waals surface area contributed by atoms with Gasteiger partial charge in [0.2, 0.25) is 0 Å². The summed E-state index contributed by atoms with van der Waals surface area (Å²) in [4.78, 5) is 10.4. The fourth-order valence-electron chi connectivity index (χ4n) is 1.18. The number of hydrogen-bond donors (Lipinski definition) is 1. The van der Waals surface area contributed by atoms with Crippen LogP contribution in [0.2, 0.25) is 5.02 Å². The SMILES string of the molecule is CC(N)CSCc1ccc(Cl)cc1[N+](=O)[O-]. The van der Waals surface area contributed by atoms with Crippen LogP contribution in [0, 0.1) is 10.1 Å². The molecule has 4 nitrogen and oxygen atoms in total. The summed E-state index contributed by atoms with van der Waals surface area (Å²) in [5.41, 5.74) is 6.36. The van der Waals surface area contributed by atoms with E-state index in [0.717, 1.165) is 5.75 Å². The molecule has 88 valence electrons. The second-order valence-corrected chi connectivity index (χ2v) is 4.99. The first-order valence-corrected chi connectivity index (χ1v) is 6.30. The van der Waals surface area contributed by atoms with Crippen LogP contribution in [0.5, 0.6) is 0 Å². The third-order valence-corrected chi connectivity index (χ3v) is 3.39. The van der Waals surface area contributed by atoms with Crippen LogP contribution in [0.15, 0.2) is 18.2 Å². The number of nitrogens with two attached hydrogens (primary N) is 1. The van der Waals surface area contributed by atoms with Gasteiger partial charge in [-0.3, -0.25) is 10.1 Å². The van der Waals surface area contributed by atoms with Gasteiger partial charge < -0.3 is 5.73 Å². The maximum atomic E-state index is 10.8. The molecule has 2 N–H and O–H groups in total. The number of benzene rings is 1. The lowest BCUT2D eigenvalue weighted by Crippen LogP contribution is -2.17. The summed E-state index contributed by atoms with van der Waals surface area (Å²) in [6.45, 7) is 1.91. The van der Waals surface area contributed by atoms with Crippen LogP contribution >= 0.6 is 23.4 Å². The lowest BCUT2D eigenvalue weighted by atomic mass is 10.2. The Kier molecular flexibility index (Phi) is 5.05. The Morgan fingerprint density at radius 2 is 2.31 bits per heavy atom. The van der Waals surface area contributed by atoms with Crippen molar-refractivity contribution >= 4 is 29.1 Å². The predicted molar refractivity (Wildman–Crippen MR) is 67.9 cm³/mol. The van der Waals surface area contributed by atoms with E-state index in [-0.39, 0.29) is 11.7 Å². The number of nitrogens with zero attached hydrogens (tertiary/aromatic N) is 1. The third-order valence-electron chi connectivity index (χ3n) is 1.88. The molecule has 0 fully saturated rings. The van der Waals surface area contributed by atoms with E-state index in [1.807, 2.05) is 6.92 Å². The first-order valence-electron chi connectivity index (χ1n) is 4.77. The number of hydrogen-bond acceptors (Lipinski definition) is 4. The monoisotopic (exact) mass is 260 g/mol. The molecule has 0 saturated carbocycles. The maximum Gasteiger partial charge on any atom is 0.274 e. The van der Waals surface area contributed by atoms with Gasteiger partial charge in [-0.15, -0.1) is 0 Å². The van der Waals surface area contributed by atoms with Crippen LogP contribution in [-0.2, 0) is 5.75 Å². The minimum Gasteiger partial charge on any atom is -0.327 e. The van der Waals surface area contributed by atoms with Gasteiger partial charge in [0.1, 0.15) is 0 Å². The fourth-order valence-corrected chi connectivity index (χ4v) is 2.30. The second-order valence-electron chi connectivity index (χ2n) is 3.52. The van der Waals surface area contributed by atoms with Crippen LogP contribution in [0.3, 0.4) is 0 Å². The second kappa shape index (κ2) is 6.08. The first kappa shape index (κ1) is 13.3. The van der Waals surface area contributed by atoms with E-state index >= 15 is 0 Å². The van der Waals surface area contributed by atoms with Crippen molar-refractivity contribution in [3.63, 3.8) is 0 Å². The van der Waals surface area contributed by atoms with Crippen molar-refractivity contribution in [2.24, 2.45) is 5.73 Å². The molecule has 0 amide bonds. The molecule has 0 aliphatic rings. The highest BCUT2D eigenvalue weighted by atomic mass is 35.5. The molecule has 1 unspecified atom stereocenters. The van der Waals surface area contributed by atoms with E-state index in [0.29, 0.717) is 16.3 Å². The summed E-state index contributed by atoms with van der Waals surface area (Å²) >= 11 is 7.29.